The maximum Gasteiger partial charge on any atom is 0.264 e. The van der Waals surface area contributed by atoms with Gasteiger partial charge in [-0.2, -0.15) is 0 Å². The van der Waals surface area contributed by atoms with E-state index in [0.29, 0.717) is 63.1 Å². The highest BCUT2D eigenvalue weighted by molar-refractivity contribution is 7.92. The van der Waals surface area contributed by atoms with Crippen molar-refractivity contribution in [3.05, 3.63) is 114 Å². The molecule has 4 heterocycles. The van der Waals surface area contributed by atoms with Crippen LogP contribution in [0.25, 0.3) is 33.3 Å². The monoisotopic (exact) mass is 893 g/mol. The van der Waals surface area contributed by atoms with Gasteiger partial charge >= 0.3 is 0 Å². The Kier molecular flexibility index (Phi) is 12.1. The number of nitrogens with zero attached hydrogens (tertiary/aromatic N) is 4. The molecule has 3 N–H and O–H groups in total. The first-order valence-electron chi connectivity index (χ1n) is 19.6. The van der Waals surface area contributed by atoms with E-state index < -0.39 is 56.2 Å². The van der Waals surface area contributed by atoms with Crippen molar-refractivity contribution in [3.8, 4) is 39.8 Å². The standard InChI is InChI=1S/C44H37F2N7O10S/c1-60-37-19-25(4-10-36(37)63-16-15-62-14-13-47-28-6-7-29-30(21-28)44(57)53(43(29)56)35-9-12-39(54)51-41(35)55)40-31-17-24(3-8-33(31)49-23-50-40)26-18-34(42(61-2)48-22-26)52-64(58,59)38-11-5-27(45)20-32(38)46/h3-8,10-11,17-23,35,47,52H,9,12-16H2,1-2H3,(H,51,54,55). The predicted octanol–water partition coefficient (Wildman–Crippen LogP) is 5.36. The van der Waals surface area contributed by atoms with E-state index in [1.807, 2.05) is 12.1 Å². The molecule has 20 heteroatoms. The second-order valence-electron chi connectivity index (χ2n) is 14.4. The Morgan fingerprint density at radius 1 is 0.797 bits per heavy atom. The molecule has 1 atom stereocenters. The van der Waals surface area contributed by atoms with Crippen LogP contribution in [-0.2, 0) is 24.3 Å². The van der Waals surface area contributed by atoms with Gasteiger partial charge in [0.15, 0.2) is 11.5 Å². The maximum absolute atomic E-state index is 14.5. The number of aromatic nitrogens is 3. The summed E-state index contributed by atoms with van der Waals surface area (Å²) in [5, 5.41) is 5.99. The number of anilines is 2. The topological polar surface area (TPSA) is 217 Å². The molecule has 0 radical (unpaired) electrons. The van der Waals surface area contributed by atoms with Crippen molar-refractivity contribution in [2.24, 2.45) is 0 Å². The highest BCUT2D eigenvalue weighted by atomic mass is 32.2. The van der Waals surface area contributed by atoms with Crippen LogP contribution in [0.3, 0.4) is 0 Å². The third-order valence-corrected chi connectivity index (χ3v) is 11.8. The van der Waals surface area contributed by atoms with E-state index in [1.54, 1.807) is 36.4 Å². The second kappa shape index (κ2) is 18.0. The third-order valence-electron chi connectivity index (χ3n) is 10.4. The van der Waals surface area contributed by atoms with Crippen LogP contribution in [0.1, 0.15) is 33.6 Å². The van der Waals surface area contributed by atoms with Crippen LogP contribution in [-0.4, -0.2) is 98.5 Å². The Morgan fingerprint density at radius 2 is 1.61 bits per heavy atom. The van der Waals surface area contributed by atoms with Crippen molar-refractivity contribution < 1.29 is 55.3 Å². The van der Waals surface area contributed by atoms with E-state index in [1.165, 1.54) is 38.9 Å². The number of pyridine rings is 1. The average Bonchev–Trinajstić information content (AvgIpc) is 3.52. The van der Waals surface area contributed by atoms with Gasteiger partial charge in [0.1, 0.15) is 41.2 Å². The van der Waals surface area contributed by atoms with Crippen LogP contribution in [0.5, 0.6) is 17.4 Å². The minimum Gasteiger partial charge on any atom is -0.493 e. The zero-order chi connectivity index (χ0) is 45.1. The lowest BCUT2D eigenvalue weighted by Gasteiger charge is -2.27. The normalized spacial score (nSPS) is 14.9. The first kappa shape index (κ1) is 43.1. The molecule has 0 spiro atoms. The molecule has 0 saturated carbocycles. The van der Waals surface area contributed by atoms with Crippen molar-refractivity contribution in [1.82, 2.24) is 25.2 Å². The molecular formula is C44H37F2N7O10S. The van der Waals surface area contributed by atoms with Gasteiger partial charge in [0.25, 0.3) is 21.8 Å². The Labute approximate surface area is 363 Å². The molecular weight excluding hydrogens is 857 g/mol. The number of benzene rings is 4. The van der Waals surface area contributed by atoms with Crippen LogP contribution in [0.15, 0.2) is 96.3 Å². The number of hydrogen-bond acceptors (Lipinski definition) is 14. The molecule has 64 heavy (non-hydrogen) atoms. The first-order chi connectivity index (χ1) is 30.8. The number of carbonyl (C=O) groups excluding carboxylic acids is 4. The smallest absolute Gasteiger partial charge is 0.264 e. The Hall–Kier alpha value is -7.58. The highest BCUT2D eigenvalue weighted by Gasteiger charge is 2.44. The summed E-state index contributed by atoms with van der Waals surface area (Å²) < 4.78 is 79.1. The summed E-state index contributed by atoms with van der Waals surface area (Å²) in [6.07, 6.45) is 3.02. The lowest BCUT2D eigenvalue weighted by molar-refractivity contribution is -0.136. The van der Waals surface area contributed by atoms with E-state index in [2.05, 4.69) is 30.3 Å². The number of amides is 4. The molecule has 2 aliphatic heterocycles. The van der Waals surface area contributed by atoms with Crippen molar-refractivity contribution in [2.45, 2.75) is 23.8 Å². The summed E-state index contributed by atoms with van der Waals surface area (Å²) >= 11 is 0. The SMILES string of the molecule is COc1cc(-c2ncnc3ccc(-c4cnc(OC)c(NS(=O)(=O)c5ccc(F)cc5F)c4)cc23)ccc1OCCOCCNc1ccc2c(c1)C(=O)N(C1CCC(=O)NC1=O)C2=O. The van der Waals surface area contributed by atoms with Crippen molar-refractivity contribution in [3.63, 3.8) is 0 Å². The molecule has 17 nitrogen and oxygen atoms in total. The van der Waals surface area contributed by atoms with E-state index >= 15 is 0 Å². The number of fused-ring (bicyclic) bond motifs is 2. The molecule has 1 saturated heterocycles. The summed E-state index contributed by atoms with van der Waals surface area (Å²) in [5.74, 6) is -3.66. The fraction of sp³-hybridized carbons (Fsp3) is 0.205. The highest BCUT2D eigenvalue weighted by Crippen LogP contribution is 2.37. The Balaban J connectivity index is 0.888. The van der Waals surface area contributed by atoms with Gasteiger partial charge in [0, 0.05) is 47.4 Å². The van der Waals surface area contributed by atoms with E-state index in [-0.39, 0.29) is 55.4 Å². The number of hydrogen-bond donors (Lipinski definition) is 3. The summed E-state index contributed by atoms with van der Waals surface area (Å²) in [4.78, 5) is 63.4. The predicted molar refractivity (Wildman–Crippen MR) is 226 cm³/mol. The molecule has 6 aromatic rings. The number of imide groups is 2. The minimum absolute atomic E-state index is 0.0369. The van der Waals surface area contributed by atoms with Crippen LogP contribution in [0.2, 0.25) is 0 Å². The van der Waals surface area contributed by atoms with Gasteiger partial charge in [0.2, 0.25) is 17.7 Å². The quantitative estimate of drug-likeness (QED) is 0.0824. The van der Waals surface area contributed by atoms with Gasteiger partial charge in [-0.05, 0) is 78.7 Å². The number of methoxy groups -OCH3 is 2. The average molecular weight is 894 g/mol. The van der Waals surface area contributed by atoms with Gasteiger partial charge in [-0.1, -0.05) is 6.07 Å². The van der Waals surface area contributed by atoms with E-state index in [0.717, 1.165) is 17.0 Å². The molecule has 2 aliphatic rings. The Bertz CT molecular complexity index is 2970. The molecule has 328 valence electrons. The third kappa shape index (κ3) is 8.72. The largest absolute Gasteiger partial charge is 0.493 e. The number of piperidine rings is 1. The lowest BCUT2D eigenvalue weighted by Crippen LogP contribution is -2.54. The van der Waals surface area contributed by atoms with Crippen LogP contribution >= 0.6 is 0 Å². The summed E-state index contributed by atoms with van der Waals surface area (Å²) in [7, 11) is -1.70. The van der Waals surface area contributed by atoms with Gasteiger partial charge in [-0.25, -0.2) is 32.2 Å². The number of nitrogens with one attached hydrogen (secondary N) is 3. The van der Waals surface area contributed by atoms with Gasteiger partial charge in [0.05, 0.1) is 49.8 Å². The summed E-state index contributed by atoms with van der Waals surface area (Å²) in [6, 6.07) is 18.0. The first-order valence-corrected chi connectivity index (χ1v) is 21.1. The number of rotatable bonds is 16. The number of halogens is 2. The molecule has 1 fully saturated rings. The van der Waals surface area contributed by atoms with Crippen LogP contribution < -0.4 is 29.6 Å². The van der Waals surface area contributed by atoms with Crippen LogP contribution in [0.4, 0.5) is 20.2 Å². The van der Waals surface area contributed by atoms with Crippen LogP contribution in [0, 0.1) is 11.6 Å². The zero-order valence-electron chi connectivity index (χ0n) is 34.0. The Morgan fingerprint density at radius 3 is 2.39 bits per heavy atom. The fourth-order valence-electron chi connectivity index (χ4n) is 7.30. The molecule has 1 unspecified atom stereocenters. The van der Waals surface area contributed by atoms with Gasteiger partial charge in [-0.15, -0.1) is 0 Å². The molecule has 4 aromatic carbocycles. The number of ether oxygens (including phenoxy) is 4. The molecule has 0 bridgehead atoms. The lowest BCUT2D eigenvalue weighted by atomic mass is 10.0. The van der Waals surface area contributed by atoms with Gasteiger partial charge < -0.3 is 24.3 Å². The van der Waals surface area contributed by atoms with Crippen molar-refractivity contribution in [1.29, 1.82) is 0 Å². The molecule has 2 aromatic heterocycles. The summed E-state index contributed by atoms with van der Waals surface area (Å²) in [5.41, 5.74) is 3.82. The van der Waals surface area contributed by atoms with Crippen molar-refractivity contribution in [2.75, 3.05) is 50.6 Å². The molecule has 4 amide bonds. The second-order valence-corrected chi connectivity index (χ2v) is 16.0. The minimum atomic E-state index is -4.51. The zero-order valence-corrected chi connectivity index (χ0v) is 34.8. The molecule has 0 aliphatic carbocycles. The number of sulfonamides is 1. The number of carbonyl (C=O) groups is 4. The maximum atomic E-state index is 14.5. The fourth-order valence-corrected chi connectivity index (χ4v) is 8.41. The van der Waals surface area contributed by atoms with Crippen molar-refractivity contribution >= 4 is 55.9 Å². The van der Waals surface area contributed by atoms with E-state index in [9.17, 15) is 36.4 Å². The molecule has 8 rings (SSSR count). The van der Waals surface area contributed by atoms with Gasteiger partial charge in [-0.3, -0.25) is 34.1 Å². The summed E-state index contributed by atoms with van der Waals surface area (Å²) in [6.45, 7) is 1.08. The van der Waals surface area contributed by atoms with E-state index in [4.69, 9.17) is 18.9 Å².